The van der Waals surface area contributed by atoms with Crippen LogP contribution in [0, 0.1) is 12.8 Å². The predicted octanol–water partition coefficient (Wildman–Crippen LogP) is 1.17. The number of nitrogens with two attached hydrogens (primary N) is 1. The normalized spacial score (nSPS) is 27.3. The van der Waals surface area contributed by atoms with Gasteiger partial charge in [0.2, 0.25) is 5.91 Å². The van der Waals surface area contributed by atoms with E-state index in [0.717, 1.165) is 18.6 Å². The Kier molecular flexibility index (Phi) is 4.48. The maximum absolute atomic E-state index is 13.0. The summed E-state index contributed by atoms with van der Waals surface area (Å²) in [6, 6.07) is 3.43. The molecule has 2 fully saturated rings. The van der Waals surface area contributed by atoms with Crippen molar-refractivity contribution >= 4 is 16.1 Å². The first-order chi connectivity index (χ1) is 10.9. The number of furan rings is 1. The maximum atomic E-state index is 13.0. The van der Waals surface area contributed by atoms with E-state index in [1.54, 1.807) is 0 Å². The van der Waals surface area contributed by atoms with E-state index in [2.05, 4.69) is 0 Å². The van der Waals surface area contributed by atoms with Crippen LogP contribution in [0.4, 0.5) is 0 Å². The molecular weight excluding hydrogens is 318 g/mol. The van der Waals surface area contributed by atoms with Crippen LogP contribution in [0.25, 0.3) is 0 Å². The molecule has 128 valence electrons. The largest absolute Gasteiger partial charge is 0.465 e. The van der Waals surface area contributed by atoms with Gasteiger partial charge in [0, 0.05) is 19.6 Å². The number of piperidine rings is 1. The second-order valence-electron chi connectivity index (χ2n) is 6.32. The van der Waals surface area contributed by atoms with Crippen LogP contribution in [0.5, 0.6) is 0 Å². The van der Waals surface area contributed by atoms with Crippen LogP contribution < -0.4 is 5.73 Å². The fourth-order valence-electron chi connectivity index (χ4n) is 3.47. The van der Waals surface area contributed by atoms with Gasteiger partial charge in [-0.2, -0.15) is 17.0 Å². The molecule has 2 atom stereocenters. The standard InChI is InChI=1S/C15H23N3O4S/c1-11-6-7-14(22-11)13-5-3-9-18(13)23(20,21)17-8-2-4-12(10-17)15(16)19/h6-7,12-13H,2-5,8-10H2,1H3,(H2,16,19)/t12-,13-/m1/s1. The quantitative estimate of drug-likeness (QED) is 0.889. The highest BCUT2D eigenvalue weighted by Crippen LogP contribution is 2.36. The molecule has 7 nitrogen and oxygen atoms in total. The molecule has 0 unspecified atom stereocenters. The molecule has 2 aliphatic rings. The van der Waals surface area contributed by atoms with Gasteiger partial charge >= 0.3 is 0 Å². The zero-order valence-corrected chi connectivity index (χ0v) is 14.1. The lowest BCUT2D eigenvalue weighted by molar-refractivity contribution is -0.122. The molecule has 8 heteroatoms. The van der Waals surface area contributed by atoms with Crippen LogP contribution >= 0.6 is 0 Å². The van der Waals surface area contributed by atoms with Crippen molar-refractivity contribution < 1.29 is 17.6 Å². The van der Waals surface area contributed by atoms with Gasteiger partial charge < -0.3 is 10.2 Å². The Balaban J connectivity index is 1.82. The second-order valence-corrected chi connectivity index (χ2v) is 8.21. The van der Waals surface area contributed by atoms with Crippen molar-refractivity contribution in [1.82, 2.24) is 8.61 Å². The molecule has 0 aliphatic carbocycles. The Morgan fingerprint density at radius 2 is 2.00 bits per heavy atom. The van der Waals surface area contributed by atoms with Gasteiger partial charge in [0.1, 0.15) is 11.5 Å². The van der Waals surface area contributed by atoms with Gasteiger partial charge in [-0.05, 0) is 44.7 Å². The molecule has 1 aromatic heterocycles. The number of carbonyl (C=O) groups excluding carboxylic acids is 1. The molecule has 2 N–H and O–H groups in total. The van der Waals surface area contributed by atoms with Crippen LogP contribution in [0.1, 0.15) is 43.2 Å². The Hall–Kier alpha value is -1.38. The molecule has 3 heterocycles. The molecular formula is C15H23N3O4S. The van der Waals surface area contributed by atoms with Crippen molar-refractivity contribution in [2.45, 2.75) is 38.6 Å². The lowest BCUT2D eigenvalue weighted by Gasteiger charge is -2.34. The summed E-state index contributed by atoms with van der Waals surface area (Å²) in [5.74, 6) is 0.637. The lowest BCUT2D eigenvalue weighted by Crippen LogP contribution is -2.49. The van der Waals surface area contributed by atoms with Crippen molar-refractivity contribution in [1.29, 1.82) is 0 Å². The average molecular weight is 341 g/mol. The SMILES string of the molecule is Cc1ccc([C@H]2CCCN2S(=O)(=O)N2CCC[C@@H](C(N)=O)C2)o1. The van der Waals surface area contributed by atoms with Crippen molar-refractivity contribution in [2.24, 2.45) is 11.7 Å². The fraction of sp³-hybridized carbons (Fsp3) is 0.667. The lowest BCUT2D eigenvalue weighted by atomic mass is 9.99. The maximum Gasteiger partial charge on any atom is 0.282 e. The Labute approximate surface area is 136 Å². The Morgan fingerprint density at radius 1 is 1.26 bits per heavy atom. The molecule has 1 aromatic rings. The first kappa shape index (κ1) is 16.5. The Bertz CT molecular complexity index is 685. The van der Waals surface area contributed by atoms with Crippen LogP contribution in [-0.4, -0.2) is 42.6 Å². The topological polar surface area (TPSA) is 96.9 Å². The summed E-state index contributed by atoms with van der Waals surface area (Å²) in [6.07, 6.45) is 2.86. The minimum absolute atomic E-state index is 0.179. The highest BCUT2D eigenvalue weighted by atomic mass is 32.2. The number of nitrogens with zero attached hydrogens (tertiary/aromatic N) is 2. The van der Waals surface area contributed by atoms with E-state index < -0.39 is 22.0 Å². The fourth-order valence-corrected chi connectivity index (χ4v) is 5.38. The molecule has 0 radical (unpaired) electrons. The zero-order chi connectivity index (χ0) is 16.6. The van der Waals surface area contributed by atoms with E-state index in [0.29, 0.717) is 31.7 Å². The number of hydrogen-bond donors (Lipinski definition) is 1. The first-order valence-corrected chi connectivity index (χ1v) is 9.42. The molecule has 0 aromatic carbocycles. The summed E-state index contributed by atoms with van der Waals surface area (Å²) in [5, 5.41) is 0. The zero-order valence-electron chi connectivity index (χ0n) is 13.3. The van der Waals surface area contributed by atoms with E-state index in [4.69, 9.17) is 10.2 Å². The number of hydrogen-bond acceptors (Lipinski definition) is 4. The van der Waals surface area contributed by atoms with Gasteiger partial charge in [0.25, 0.3) is 10.2 Å². The molecule has 2 aliphatic heterocycles. The monoisotopic (exact) mass is 341 g/mol. The summed E-state index contributed by atoms with van der Waals surface area (Å²) >= 11 is 0. The number of amides is 1. The minimum atomic E-state index is -3.62. The van der Waals surface area contributed by atoms with Crippen molar-refractivity contribution in [3.8, 4) is 0 Å². The average Bonchev–Trinajstić information content (AvgIpc) is 3.16. The molecule has 23 heavy (non-hydrogen) atoms. The molecule has 1 amide bonds. The van der Waals surface area contributed by atoms with Crippen molar-refractivity contribution in [3.05, 3.63) is 23.7 Å². The van der Waals surface area contributed by atoms with E-state index >= 15 is 0 Å². The number of primary amides is 1. The van der Waals surface area contributed by atoms with Gasteiger partial charge in [0.05, 0.1) is 12.0 Å². The van der Waals surface area contributed by atoms with Gasteiger partial charge in [-0.25, -0.2) is 0 Å². The Morgan fingerprint density at radius 3 is 2.65 bits per heavy atom. The summed E-state index contributed by atoms with van der Waals surface area (Å²) in [7, 11) is -3.62. The summed E-state index contributed by atoms with van der Waals surface area (Å²) in [5.41, 5.74) is 5.36. The number of aryl methyl sites for hydroxylation is 1. The van der Waals surface area contributed by atoms with E-state index in [1.807, 2.05) is 19.1 Å². The number of rotatable bonds is 4. The summed E-state index contributed by atoms with van der Waals surface area (Å²) in [4.78, 5) is 11.4. The summed E-state index contributed by atoms with van der Waals surface area (Å²) in [6.45, 7) is 2.94. The molecule has 0 spiro atoms. The van der Waals surface area contributed by atoms with E-state index in [-0.39, 0.29) is 12.6 Å². The van der Waals surface area contributed by atoms with Crippen LogP contribution in [0.3, 0.4) is 0 Å². The highest BCUT2D eigenvalue weighted by molar-refractivity contribution is 7.86. The van der Waals surface area contributed by atoms with Gasteiger partial charge in [-0.3, -0.25) is 4.79 Å². The van der Waals surface area contributed by atoms with E-state index in [1.165, 1.54) is 8.61 Å². The molecule has 3 rings (SSSR count). The van der Waals surface area contributed by atoms with Crippen LogP contribution in [0.2, 0.25) is 0 Å². The van der Waals surface area contributed by atoms with E-state index in [9.17, 15) is 13.2 Å². The molecule has 0 saturated carbocycles. The molecule has 2 saturated heterocycles. The third-order valence-corrected chi connectivity index (χ3v) is 6.72. The van der Waals surface area contributed by atoms with Gasteiger partial charge in [-0.1, -0.05) is 0 Å². The van der Waals surface area contributed by atoms with Gasteiger partial charge in [-0.15, -0.1) is 0 Å². The van der Waals surface area contributed by atoms with Crippen LogP contribution in [-0.2, 0) is 15.0 Å². The minimum Gasteiger partial charge on any atom is -0.465 e. The summed E-state index contributed by atoms with van der Waals surface area (Å²) < 4.78 is 34.6. The number of carbonyl (C=O) groups is 1. The molecule has 0 bridgehead atoms. The second kappa shape index (κ2) is 6.26. The third-order valence-electron chi connectivity index (χ3n) is 4.70. The predicted molar refractivity (Wildman–Crippen MR) is 84.5 cm³/mol. The van der Waals surface area contributed by atoms with Crippen LogP contribution in [0.15, 0.2) is 16.5 Å². The van der Waals surface area contributed by atoms with Crippen molar-refractivity contribution in [3.63, 3.8) is 0 Å². The van der Waals surface area contributed by atoms with Crippen molar-refractivity contribution in [2.75, 3.05) is 19.6 Å². The third kappa shape index (κ3) is 3.15. The smallest absolute Gasteiger partial charge is 0.282 e. The first-order valence-electron chi connectivity index (χ1n) is 8.02. The highest BCUT2D eigenvalue weighted by Gasteiger charge is 2.42. The van der Waals surface area contributed by atoms with Gasteiger partial charge in [0.15, 0.2) is 0 Å².